The molecule has 6 nitrogen and oxygen atoms in total. The fraction of sp³-hybridized carbons (Fsp3) is 0.444. The van der Waals surface area contributed by atoms with Crippen molar-refractivity contribution in [2.45, 2.75) is 23.9 Å². The van der Waals surface area contributed by atoms with Gasteiger partial charge in [0.25, 0.3) is 0 Å². The Morgan fingerprint density at radius 2 is 1.92 bits per heavy atom. The van der Waals surface area contributed by atoms with Gasteiger partial charge in [-0.05, 0) is 31.2 Å². The molecule has 2 aromatic heterocycles. The molecule has 1 saturated heterocycles. The number of rotatable bonds is 4. The molecule has 1 aliphatic heterocycles. The molecular weight excluding hydrogens is 332 g/mol. The molecule has 0 spiro atoms. The zero-order chi connectivity index (χ0) is 17.2. The summed E-state index contributed by atoms with van der Waals surface area (Å²) in [5.41, 5.74) is 1.83. The summed E-state index contributed by atoms with van der Waals surface area (Å²) in [6, 6.07) is 8.03. The molecule has 128 valence electrons. The van der Waals surface area contributed by atoms with E-state index in [0.29, 0.717) is 11.5 Å². The van der Waals surface area contributed by atoms with Crippen molar-refractivity contribution in [2.75, 3.05) is 42.2 Å². The maximum atomic E-state index is 9.28. The van der Waals surface area contributed by atoms with Crippen molar-refractivity contribution in [1.29, 1.82) is 5.26 Å². The van der Waals surface area contributed by atoms with E-state index in [1.165, 1.54) is 18.5 Å². The van der Waals surface area contributed by atoms with Crippen molar-refractivity contribution in [3.05, 3.63) is 35.7 Å². The highest BCUT2D eigenvalue weighted by atomic mass is 32.2. The number of aromatic nitrogens is 3. The van der Waals surface area contributed by atoms with E-state index in [4.69, 9.17) is 4.98 Å². The molecule has 0 aromatic carbocycles. The van der Waals surface area contributed by atoms with Gasteiger partial charge in [-0.15, -0.1) is 0 Å². The van der Waals surface area contributed by atoms with Gasteiger partial charge in [0, 0.05) is 44.4 Å². The number of hydrogen-bond donors (Lipinski definition) is 0. The Morgan fingerprint density at radius 1 is 1.16 bits per heavy atom. The quantitative estimate of drug-likeness (QED) is 0.619. The zero-order valence-electron chi connectivity index (χ0n) is 14.2. The SMILES string of the molecule is CSc1nc(C2CC2)cc(N2CCN(c3ncccc3C#N)CC2)n1. The Kier molecular flexibility index (Phi) is 4.45. The first-order valence-electron chi connectivity index (χ1n) is 8.56. The Morgan fingerprint density at radius 3 is 2.60 bits per heavy atom. The van der Waals surface area contributed by atoms with Gasteiger partial charge in [0.15, 0.2) is 5.16 Å². The number of nitrogens with zero attached hydrogens (tertiary/aromatic N) is 6. The normalized spacial score (nSPS) is 17.4. The van der Waals surface area contributed by atoms with Gasteiger partial charge < -0.3 is 9.80 Å². The minimum Gasteiger partial charge on any atom is -0.353 e. The van der Waals surface area contributed by atoms with Crippen molar-refractivity contribution >= 4 is 23.4 Å². The molecule has 2 aromatic rings. The largest absolute Gasteiger partial charge is 0.353 e. The smallest absolute Gasteiger partial charge is 0.189 e. The Bertz CT molecular complexity index is 805. The molecule has 0 N–H and O–H groups in total. The van der Waals surface area contributed by atoms with Crippen LogP contribution in [-0.2, 0) is 0 Å². The van der Waals surface area contributed by atoms with Crippen LogP contribution in [0.2, 0.25) is 0 Å². The van der Waals surface area contributed by atoms with Crippen LogP contribution in [-0.4, -0.2) is 47.4 Å². The van der Waals surface area contributed by atoms with E-state index in [-0.39, 0.29) is 0 Å². The maximum Gasteiger partial charge on any atom is 0.189 e. The molecular formula is C18H20N6S. The Labute approximate surface area is 151 Å². The molecule has 4 rings (SSSR count). The van der Waals surface area contributed by atoms with Crippen LogP contribution in [0.25, 0.3) is 0 Å². The summed E-state index contributed by atoms with van der Waals surface area (Å²) in [5, 5.41) is 10.1. The number of piperazine rings is 1. The van der Waals surface area contributed by atoms with Crippen LogP contribution in [0.5, 0.6) is 0 Å². The first-order chi connectivity index (χ1) is 12.3. The summed E-state index contributed by atoms with van der Waals surface area (Å²) in [6.07, 6.45) is 6.27. The van der Waals surface area contributed by atoms with Crippen molar-refractivity contribution < 1.29 is 0 Å². The summed E-state index contributed by atoms with van der Waals surface area (Å²) in [4.78, 5) is 18.3. The van der Waals surface area contributed by atoms with Crippen LogP contribution in [0.4, 0.5) is 11.6 Å². The standard InChI is InChI=1S/C18H20N6S/c1-25-18-21-15(13-4-5-13)11-16(22-18)23-7-9-24(10-8-23)17-14(12-19)3-2-6-20-17/h2-3,6,11,13H,4-5,7-10H2,1H3. The number of nitriles is 1. The first-order valence-corrected chi connectivity index (χ1v) is 9.79. The summed E-state index contributed by atoms with van der Waals surface area (Å²) in [5.74, 6) is 2.44. The van der Waals surface area contributed by atoms with E-state index < -0.39 is 0 Å². The van der Waals surface area contributed by atoms with E-state index >= 15 is 0 Å². The molecule has 1 saturated carbocycles. The van der Waals surface area contributed by atoms with Gasteiger partial charge in [-0.1, -0.05) is 11.8 Å². The van der Waals surface area contributed by atoms with Gasteiger partial charge >= 0.3 is 0 Å². The van der Waals surface area contributed by atoms with E-state index in [9.17, 15) is 5.26 Å². The second-order valence-electron chi connectivity index (χ2n) is 6.37. The van der Waals surface area contributed by atoms with Crippen molar-refractivity contribution in [3.63, 3.8) is 0 Å². The van der Waals surface area contributed by atoms with Crippen molar-refractivity contribution in [3.8, 4) is 6.07 Å². The highest BCUT2D eigenvalue weighted by molar-refractivity contribution is 7.98. The third-order valence-corrected chi connectivity index (χ3v) is 5.25. The third kappa shape index (κ3) is 3.40. The van der Waals surface area contributed by atoms with Crippen LogP contribution >= 0.6 is 11.8 Å². The first kappa shape index (κ1) is 16.2. The van der Waals surface area contributed by atoms with Crippen LogP contribution in [0, 0.1) is 11.3 Å². The van der Waals surface area contributed by atoms with Gasteiger partial charge in [0.1, 0.15) is 17.7 Å². The summed E-state index contributed by atoms with van der Waals surface area (Å²) in [6.45, 7) is 3.42. The van der Waals surface area contributed by atoms with Gasteiger partial charge in [-0.3, -0.25) is 0 Å². The molecule has 0 atom stereocenters. The summed E-state index contributed by atoms with van der Waals surface area (Å²) >= 11 is 1.60. The second kappa shape index (κ2) is 6.89. The molecule has 0 unspecified atom stereocenters. The van der Waals surface area contributed by atoms with E-state index in [0.717, 1.165) is 43.0 Å². The maximum absolute atomic E-state index is 9.28. The van der Waals surface area contributed by atoms with Crippen LogP contribution in [0.1, 0.15) is 30.0 Å². The lowest BCUT2D eigenvalue weighted by molar-refractivity contribution is 0.636. The van der Waals surface area contributed by atoms with Crippen LogP contribution in [0.15, 0.2) is 29.6 Å². The van der Waals surface area contributed by atoms with Crippen LogP contribution < -0.4 is 9.80 Å². The average molecular weight is 352 g/mol. The molecule has 1 aliphatic carbocycles. The monoisotopic (exact) mass is 352 g/mol. The van der Waals surface area contributed by atoms with Gasteiger partial charge in [0.05, 0.1) is 11.3 Å². The fourth-order valence-electron chi connectivity index (χ4n) is 3.16. The highest BCUT2D eigenvalue weighted by Gasteiger charge is 2.28. The lowest BCUT2D eigenvalue weighted by atomic mass is 10.2. The number of hydrogen-bond acceptors (Lipinski definition) is 7. The molecule has 3 heterocycles. The van der Waals surface area contributed by atoms with Gasteiger partial charge in [0.2, 0.25) is 0 Å². The molecule has 7 heteroatoms. The van der Waals surface area contributed by atoms with E-state index in [1.54, 1.807) is 18.0 Å². The predicted molar refractivity (Wildman–Crippen MR) is 99.2 cm³/mol. The summed E-state index contributed by atoms with van der Waals surface area (Å²) in [7, 11) is 0. The van der Waals surface area contributed by atoms with Crippen molar-refractivity contribution in [1.82, 2.24) is 15.0 Å². The van der Waals surface area contributed by atoms with Gasteiger partial charge in [-0.2, -0.15) is 5.26 Å². The Hall–Kier alpha value is -2.33. The summed E-state index contributed by atoms with van der Waals surface area (Å²) < 4.78 is 0. The fourth-order valence-corrected chi connectivity index (χ4v) is 3.54. The lowest BCUT2D eigenvalue weighted by Crippen LogP contribution is -2.47. The average Bonchev–Trinajstić information content (AvgIpc) is 3.53. The number of anilines is 2. The minimum absolute atomic E-state index is 0.626. The molecule has 0 bridgehead atoms. The van der Waals surface area contributed by atoms with Crippen LogP contribution in [0.3, 0.4) is 0 Å². The molecule has 0 amide bonds. The Balaban J connectivity index is 1.50. The lowest BCUT2D eigenvalue weighted by Gasteiger charge is -2.36. The number of pyridine rings is 1. The topological polar surface area (TPSA) is 68.9 Å². The zero-order valence-corrected chi connectivity index (χ0v) is 15.0. The number of thioether (sulfide) groups is 1. The molecule has 0 radical (unpaired) electrons. The molecule has 25 heavy (non-hydrogen) atoms. The van der Waals surface area contributed by atoms with Gasteiger partial charge in [-0.25, -0.2) is 15.0 Å². The highest BCUT2D eigenvalue weighted by Crippen LogP contribution is 2.40. The third-order valence-electron chi connectivity index (χ3n) is 4.70. The second-order valence-corrected chi connectivity index (χ2v) is 7.15. The minimum atomic E-state index is 0.626. The van der Waals surface area contributed by atoms with E-state index in [2.05, 4.69) is 31.9 Å². The van der Waals surface area contributed by atoms with Crippen molar-refractivity contribution in [2.24, 2.45) is 0 Å². The molecule has 2 fully saturated rings. The predicted octanol–water partition coefficient (Wildman–Crippen LogP) is 2.67. The van der Waals surface area contributed by atoms with E-state index in [1.807, 2.05) is 18.4 Å². The molecule has 2 aliphatic rings.